The van der Waals surface area contributed by atoms with E-state index in [2.05, 4.69) is 4.74 Å². The Morgan fingerprint density at radius 3 is 2.39 bits per heavy atom. The number of hydrogen-bond donors (Lipinski definition) is 1. The van der Waals surface area contributed by atoms with Crippen molar-refractivity contribution in [1.29, 1.82) is 0 Å². The molecule has 0 aromatic rings. The van der Waals surface area contributed by atoms with Crippen molar-refractivity contribution in [3.63, 3.8) is 0 Å². The molecule has 1 N–H and O–H groups in total. The second-order valence-electron chi connectivity index (χ2n) is 5.34. The molecule has 6 nitrogen and oxygen atoms in total. The molecule has 1 heterocycles. The lowest BCUT2D eigenvalue weighted by atomic mass is 10.2. The maximum absolute atomic E-state index is 12.0. The van der Waals surface area contributed by atoms with Gasteiger partial charge in [-0.15, -0.1) is 0 Å². The highest BCUT2D eigenvalue weighted by molar-refractivity contribution is 5.82. The minimum atomic E-state index is -0.665. The fourth-order valence-electron chi connectivity index (χ4n) is 2.02. The number of aliphatic hydroxyl groups excluding tert-OH is 1. The zero-order chi connectivity index (χ0) is 13.9. The zero-order valence-corrected chi connectivity index (χ0v) is 11.3. The van der Waals surface area contributed by atoms with Gasteiger partial charge in [0.25, 0.3) is 0 Å². The predicted molar refractivity (Wildman–Crippen MR) is 64.0 cm³/mol. The number of nitrogens with zero attached hydrogens (tertiary/aromatic N) is 1. The van der Waals surface area contributed by atoms with E-state index in [0.29, 0.717) is 12.8 Å². The maximum atomic E-state index is 12.0. The largest absolute Gasteiger partial charge is 0.467 e. The van der Waals surface area contributed by atoms with Crippen molar-refractivity contribution in [1.82, 2.24) is 4.90 Å². The molecule has 1 saturated heterocycles. The van der Waals surface area contributed by atoms with Crippen molar-refractivity contribution in [2.45, 2.75) is 51.3 Å². The molecule has 0 aliphatic carbocycles. The molecule has 2 unspecified atom stereocenters. The number of carbonyl (C=O) groups excluding carboxylic acids is 2. The molecule has 1 fully saturated rings. The summed E-state index contributed by atoms with van der Waals surface area (Å²) in [6, 6.07) is -1.05. The monoisotopic (exact) mass is 259 g/mol. The number of hydrogen-bond acceptors (Lipinski definition) is 5. The van der Waals surface area contributed by atoms with Gasteiger partial charge >= 0.3 is 12.1 Å². The highest BCUT2D eigenvalue weighted by Crippen LogP contribution is 2.27. The molecule has 0 spiro atoms. The van der Waals surface area contributed by atoms with Crippen LogP contribution >= 0.6 is 0 Å². The van der Waals surface area contributed by atoms with Gasteiger partial charge in [-0.05, 0) is 33.6 Å². The average Bonchev–Trinajstić information content (AvgIpc) is 2.69. The van der Waals surface area contributed by atoms with E-state index in [1.807, 2.05) is 0 Å². The molecular formula is C12H21NO5. The number of esters is 1. The Hall–Kier alpha value is -1.30. The molecule has 1 aliphatic heterocycles. The van der Waals surface area contributed by atoms with Crippen LogP contribution in [-0.2, 0) is 14.3 Å². The third-order valence-corrected chi connectivity index (χ3v) is 2.79. The van der Waals surface area contributed by atoms with Crippen LogP contribution in [0.5, 0.6) is 0 Å². The molecule has 0 radical (unpaired) electrons. The van der Waals surface area contributed by atoms with E-state index in [0.717, 1.165) is 0 Å². The van der Waals surface area contributed by atoms with Crippen molar-refractivity contribution in [3.8, 4) is 0 Å². The normalized spacial score (nSPS) is 23.9. The summed E-state index contributed by atoms with van der Waals surface area (Å²) in [5.41, 5.74) is -0.639. The molecule has 6 heteroatoms. The fourth-order valence-corrected chi connectivity index (χ4v) is 2.02. The summed E-state index contributed by atoms with van der Waals surface area (Å²) in [6.45, 7) is 5.07. The molecule has 1 aliphatic rings. The van der Waals surface area contributed by atoms with Crippen LogP contribution in [0.2, 0.25) is 0 Å². The standard InChI is InChI=1S/C12H21NO5/c1-12(2,3)18-11(16)13-8(7-14)5-6-9(13)10(15)17-4/h8-9,14H,5-7H2,1-4H3. The highest BCUT2D eigenvalue weighted by Gasteiger charge is 2.43. The van der Waals surface area contributed by atoms with Crippen molar-refractivity contribution in [3.05, 3.63) is 0 Å². The summed E-state index contributed by atoms with van der Waals surface area (Å²) in [6.07, 6.45) is 0.460. The summed E-state index contributed by atoms with van der Waals surface area (Å²) in [7, 11) is 1.28. The van der Waals surface area contributed by atoms with Crippen LogP contribution in [-0.4, -0.2) is 53.5 Å². The van der Waals surface area contributed by atoms with Crippen molar-refractivity contribution in [2.75, 3.05) is 13.7 Å². The van der Waals surface area contributed by atoms with Crippen LogP contribution in [0.4, 0.5) is 4.79 Å². The first-order valence-corrected chi connectivity index (χ1v) is 6.00. The lowest BCUT2D eigenvalue weighted by molar-refractivity contribution is -0.146. The Morgan fingerprint density at radius 2 is 1.94 bits per heavy atom. The van der Waals surface area contributed by atoms with E-state index in [1.165, 1.54) is 12.0 Å². The van der Waals surface area contributed by atoms with E-state index < -0.39 is 23.7 Å². The first kappa shape index (κ1) is 14.8. The summed E-state index contributed by atoms with van der Waals surface area (Å²) in [5.74, 6) is -0.475. The third-order valence-electron chi connectivity index (χ3n) is 2.79. The Balaban J connectivity index is 2.84. The summed E-state index contributed by atoms with van der Waals surface area (Å²) >= 11 is 0. The van der Waals surface area contributed by atoms with Gasteiger partial charge in [-0.25, -0.2) is 9.59 Å². The summed E-state index contributed by atoms with van der Waals surface area (Å²) < 4.78 is 9.91. The lowest BCUT2D eigenvalue weighted by Gasteiger charge is -2.30. The number of methoxy groups -OCH3 is 1. The van der Waals surface area contributed by atoms with Gasteiger partial charge in [0.2, 0.25) is 0 Å². The predicted octanol–water partition coefficient (Wildman–Crippen LogP) is 0.920. The van der Waals surface area contributed by atoms with Crippen molar-refractivity contribution < 1.29 is 24.2 Å². The number of carbonyl (C=O) groups is 2. The topological polar surface area (TPSA) is 76.1 Å². The first-order chi connectivity index (χ1) is 8.30. The van der Waals surface area contributed by atoms with Gasteiger partial charge < -0.3 is 14.6 Å². The highest BCUT2D eigenvalue weighted by atomic mass is 16.6. The minimum absolute atomic E-state index is 0.188. The molecule has 0 aromatic carbocycles. The SMILES string of the molecule is COC(=O)C1CCC(CO)N1C(=O)OC(C)(C)C. The maximum Gasteiger partial charge on any atom is 0.411 e. The Morgan fingerprint density at radius 1 is 1.33 bits per heavy atom. The Bertz CT molecular complexity index is 323. The number of rotatable bonds is 2. The molecule has 1 rings (SSSR count). The minimum Gasteiger partial charge on any atom is -0.467 e. The van der Waals surface area contributed by atoms with Gasteiger partial charge in [-0.1, -0.05) is 0 Å². The molecule has 0 bridgehead atoms. The van der Waals surface area contributed by atoms with Gasteiger partial charge in [-0.2, -0.15) is 0 Å². The van der Waals surface area contributed by atoms with Crippen LogP contribution in [0.25, 0.3) is 0 Å². The number of aliphatic hydroxyl groups is 1. The van der Waals surface area contributed by atoms with E-state index in [9.17, 15) is 14.7 Å². The molecule has 1 amide bonds. The summed E-state index contributed by atoms with van der Waals surface area (Å²) in [5, 5.41) is 9.25. The first-order valence-electron chi connectivity index (χ1n) is 6.00. The molecule has 0 saturated carbocycles. The summed E-state index contributed by atoms with van der Waals surface area (Å²) in [4.78, 5) is 24.9. The molecular weight excluding hydrogens is 238 g/mol. The molecule has 0 aromatic heterocycles. The van der Waals surface area contributed by atoms with Gasteiger partial charge in [0, 0.05) is 0 Å². The third kappa shape index (κ3) is 3.35. The average molecular weight is 259 g/mol. The quantitative estimate of drug-likeness (QED) is 0.746. The van der Waals surface area contributed by atoms with Gasteiger partial charge in [0.05, 0.1) is 19.8 Å². The van der Waals surface area contributed by atoms with E-state index in [1.54, 1.807) is 20.8 Å². The van der Waals surface area contributed by atoms with Gasteiger partial charge in [0.1, 0.15) is 11.6 Å². The van der Waals surface area contributed by atoms with Crippen LogP contribution in [0.15, 0.2) is 0 Å². The zero-order valence-electron chi connectivity index (χ0n) is 11.3. The van der Waals surface area contributed by atoms with Crippen LogP contribution in [0, 0.1) is 0 Å². The number of likely N-dealkylation sites (tertiary alicyclic amines) is 1. The van der Waals surface area contributed by atoms with Crippen LogP contribution < -0.4 is 0 Å². The smallest absolute Gasteiger partial charge is 0.411 e. The van der Waals surface area contributed by atoms with Gasteiger partial charge in [-0.3, -0.25) is 4.90 Å². The second kappa shape index (κ2) is 5.56. The molecule has 104 valence electrons. The fraction of sp³-hybridized carbons (Fsp3) is 0.833. The van der Waals surface area contributed by atoms with Crippen molar-refractivity contribution >= 4 is 12.1 Å². The van der Waals surface area contributed by atoms with Crippen LogP contribution in [0.1, 0.15) is 33.6 Å². The van der Waals surface area contributed by atoms with Crippen molar-refractivity contribution in [2.24, 2.45) is 0 Å². The Kier molecular flexibility index (Phi) is 4.56. The van der Waals surface area contributed by atoms with E-state index >= 15 is 0 Å². The van der Waals surface area contributed by atoms with Crippen LogP contribution in [0.3, 0.4) is 0 Å². The number of ether oxygens (including phenoxy) is 2. The molecule has 18 heavy (non-hydrogen) atoms. The Labute approximate surface area is 107 Å². The van der Waals surface area contributed by atoms with E-state index in [4.69, 9.17) is 4.74 Å². The second-order valence-corrected chi connectivity index (χ2v) is 5.34. The van der Waals surface area contributed by atoms with E-state index in [-0.39, 0.29) is 12.6 Å². The number of amides is 1. The lowest BCUT2D eigenvalue weighted by Crippen LogP contribution is -2.48. The molecule has 2 atom stereocenters. The van der Waals surface area contributed by atoms with Gasteiger partial charge in [0.15, 0.2) is 0 Å².